The number of halogens is 1. The van der Waals surface area contributed by atoms with Gasteiger partial charge < -0.3 is 5.32 Å². The van der Waals surface area contributed by atoms with Crippen molar-refractivity contribution in [2.75, 3.05) is 5.32 Å². The van der Waals surface area contributed by atoms with Crippen molar-refractivity contribution >= 4 is 22.6 Å². The SMILES string of the molecule is Cc1cccc(NC(=O)Cn2cnc3nc(-c4ccc(F)cc4)ncc3c2=O)c1. The van der Waals surface area contributed by atoms with Crippen LogP contribution in [0.15, 0.2) is 65.8 Å². The lowest BCUT2D eigenvalue weighted by molar-refractivity contribution is -0.116. The largest absolute Gasteiger partial charge is 0.325 e. The molecule has 0 atom stereocenters. The number of hydrogen-bond donors (Lipinski definition) is 1. The fourth-order valence-corrected chi connectivity index (χ4v) is 2.88. The molecule has 0 unspecified atom stereocenters. The van der Waals surface area contributed by atoms with Gasteiger partial charge in [-0.3, -0.25) is 14.2 Å². The molecule has 7 nitrogen and oxygen atoms in total. The maximum Gasteiger partial charge on any atom is 0.264 e. The highest BCUT2D eigenvalue weighted by Gasteiger charge is 2.11. The fraction of sp³-hybridized carbons (Fsp3) is 0.0952. The Balaban J connectivity index is 1.59. The first-order chi connectivity index (χ1) is 14.0. The zero-order valence-corrected chi connectivity index (χ0v) is 15.5. The van der Waals surface area contributed by atoms with Crippen LogP contribution in [-0.2, 0) is 11.3 Å². The quantitative estimate of drug-likeness (QED) is 0.580. The van der Waals surface area contributed by atoms with Gasteiger partial charge >= 0.3 is 0 Å². The van der Waals surface area contributed by atoms with E-state index in [4.69, 9.17) is 0 Å². The van der Waals surface area contributed by atoms with Crippen LogP contribution in [0, 0.1) is 12.7 Å². The van der Waals surface area contributed by atoms with E-state index in [1.54, 1.807) is 18.2 Å². The van der Waals surface area contributed by atoms with Crippen molar-refractivity contribution in [2.45, 2.75) is 13.5 Å². The molecule has 0 aliphatic carbocycles. The van der Waals surface area contributed by atoms with Crippen LogP contribution in [0.4, 0.5) is 10.1 Å². The van der Waals surface area contributed by atoms with Crippen molar-refractivity contribution < 1.29 is 9.18 Å². The molecule has 0 radical (unpaired) electrons. The van der Waals surface area contributed by atoms with Gasteiger partial charge in [0.25, 0.3) is 5.56 Å². The summed E-state index contributed by atoms with van der Waals surface area (Å²) in [4.78, 5) is 37.6. The molecule has 29 heavy (non-hydrogen) atoms. The van der Waals surface area contributed by atoms with E-state index in [9.17, 15) is 14.0 Å². The molecule has 144 valence electrons. The predicted octanol–water partition coefficient (Wildman–Crippen LogP) is 2.94. The van der Waals surface area contributed by atoms with Gasteiger partial charge in [-0.2, -0.15) is 0 Å². The van der Waals surface area contributed by atoms with Gasteiger partial charge in [-0.25, -0.2) is 19.3 Å². The van der Waals surface area contributed by atoms with Gasteiger partial charge in [-0.1, -0.05) is 12.1 Å². The molecular formula is C21H16FN5O2. The van der Waals surface area contributed by atoms with Crippen LogP contribution in [-0.4, -0.2) is 25.4 Å². The van der Waals surface area contributed by atoms with Crippen molar-refractivity contribution in [3.05, 3.63) is 82.8 Å². The lowest BCUT2D eigenvalue weighted by atomic mass is 10.2. The van der Waals surface area contributed by atoms with Crippen LogP contribution < -0.4 is 10.9 Å². The molecule has 0 bridgehead atoms. The highest BCUT2D eigenvalue weighted by molar-refractivity contribution is 5.90. The van der Waals surface area contributed by atoms with Gasteiger partial charge in [-0.15, -0.1) is 0 Å². The van der Waals surface area contributed by atoms with Crippen molar-refractivity contribution in [1.29, 1.82) is 0 Å². The number of amides is 1. The van der Waals surface area contributed by atoms with E-state index in [0.29, 0.717) is 17.1 Å². The van der Waals surface area contributed by atoms with Gasteiger partial charge in [0.2, 0.25) is 5.91 Å². The third kappa shape index (κ3) is 4.01. The van der Waals surface area contributed by atoms with E-state index in [2.05, 4.69) is 20.3 Å². The molecule has 0 aliphatic rings. The van der Waals surface area contributed by atoms with Crippen molar-refractivity contribution in [3.8, 4) is 11.4 Å². The number of nitrogens with one attached hydrogen (secondary N) is 1. The Bertz CT molecular complexity index is 1270. The molecule has 2 heterocycles. The van der Waals surface area contributed by atoms with Crippen molar-refractivity contribution in [1.82, 2.24) is 19.5 Å². The first-order valence-electron chi connectivity index (χ1n) is 8.84. The van der Waals surface area contributed by atoms with E-state index < -0.39 is 5.56 Å². The number of aromatic nitrogens is 4. The van der Waals surface area contributed by atoms with Crippen molar-refractivity contribution in [2.24, 2.45) is 0 Å². The van der Waals surface area contributed by atoms with E-state index in [1.807, 2.05) is 25.1 Å². The van der Waals surface area contributed by atoms with Gasteiger partial charge in [0, 0.05) is 17.4 Å². The summed E-state index contributed by atoms with van der Waals surface area (Å²) in [6.07, 6.45) is 2.65. The third-order valence-corrected chi connectivity index (χ3v) is 4.30. The summed E-state index contributed by atoms with van der Waals surface area (Å²) in [6, 6.07) is 13.1. The number of fused-ring (bicyclic) bond motifs is 1. The number of hydrogen-bond acceptors (Lipinski definition) is 5. The van der Waals surface area contributed by atoms with Crippen LogP contribution in [0.1, 0.15) is 5.56 Å². The summed E-state index contributed by atoms with van der Waals surface area (Å²) < 4.78 is 14.3. The van der Waals surface area contributed by atoms with E-state index in [-0.39, 0.29) is 29.3 Å². The molecule has 1 amide bonds. The molecule has 4 rings (SSSR count). The first-order valence-corrected chi connectivity index (χ1v) is 8.84. The lowest BCUT2D eigenvalue weighted by Crippen LogP contribution is -2.28. The average Bonchev–Trinajstić information content (AvgIpc) is 2.70. The summed E-state index contributed by atoms with van der Waals surface area (Å²) in [7, 11) is 0. The predicted molar refractivity (Wildman–Crippen MR) is 107 cm³/mol. The second-order valence-corrected chi connectivity index (χ2v) is 6.53. The number of rotatable bonds is 4. The molecule has 4 aromatic rings. The highest BCUT2D eigenvalue weighted by Crippen LogP contribution is 2.16. The average molecular weight is 389 g/mol. The molecule has 0 aliphatic heterocycles. The molecule has 0 fully saturated rings. The second-order valence-electron chi connectivity index (χ2n) is 6.53. The number of anilines is 1. The van der Waals surface area contributed by atoms with E-state index in [1.165, 1.54) is 29.2 Å². The van der Waals surface area contributed by atoms with Crippen LogP contribution in [0.25, 0.3) is 22.4 Å². The van der Waals surface area contributed by atoms with Crippen LogP contribution in [0.3, 0.4) is 0 Å². The number of benzene rings is 2. The summed E-state index contributed by atoms with van der Waals surface area (Å²) in [6.45, 7) is 1.74. The Hall–Kier alpha value is -3.94. The van der Waals surface area contributed by atoms with Gasteiger partial charge in [-0.05, 0) is 48.9 Å². The zero-order chi connectivity index (χ0) is 20.4. The number of carbonyl (C=O) groups is 1. The number of carbonyl (C=O) groups excluding carboxylic acids is 1. The lowest BCUT2D eigenvalue weighted by Gasteiger charge is -2.08. The Labute approximate surface area is 164 Å². The third-order valence-electron chi connectivity index (χ3n) is 4.30. The van der Waals surface area contributed by atoms with Crippen molar-refractivity contribution in [3.63, 3.8) is 0 Å². The zero-order valence-electron chi connectivity index (χ0n) is 15.5. The Morgan fingerprint density at radius 2 is 1.93 bits per heavy atom. The van der Waals surface area contributed by atoms with Crippen LogP contribution in [0.5, 0.6) is 0 Å². The minimum Gasteiger partial charge on any atom is -0.325 e. The van der Waals surface area contributed by atoms with Gasteiger partial charge in [0.1, 0.15) is 24.1 Å². The van der Waals surface area contributed by atoms with Crippen LogP contribution >= 0.6 is 0 Å². The van der Waals surface area contributed by atoms with Crippen LogP contribution in [0.2, 0.25) is 0 Å². The smallest absolute Gasteiger partial charge is 0.264 e. The molecular weight excluding hydrogens is 373 g/mol. The molecule has 0 spiro atoms. The highest BCUT2D eigenvalue weighted by atomic mass is 19.1. The number of nitrogens with zero attached hydrogens (tertiary/aromatic N) is 4. The molecule has 0 saturated carbocycles. The second kappa shape index (κ2) is 7.59. The normalized spacial score (nSPS) is 10.8. The summed E-state index contributed by atoms with van der Waals surface area (Å²) >= 11 is 0. The van der Waals surface area contributed by atoms with Gasteiger partial charge in [0.15, 0.2) is 11.5 Å². The fourth-order valence-electron chi connectivity index (χ4n) is 2.88. The molecule has 2 aromatic carbocycles. The minimum atomic E-state index is -0.417. The standard InChI is InChI=1S/C21H16FN5O2/c1-13-3-2-4-16(9-13)25-18(28)11-27-12-24-20-17(21(27)29)10-23-19(26-20)14-5-7-15(22)8-6-14/h2-10,12H,11H2,1H3,(H,25,28). The van der Waals surface area contributed by atoms with E-state index in [0.717, 1.165) is 5.56 Å². The maximum absolute atomic E-state index is 13.1. The van der Waals surface area contributed by atoms with E-state index >= 15 is 0 Å². The monoisotopic (exact) mass is 389 g/mol. The summed E-state index contributed by atoms with van der Waals surface area (Å²) in [5, 5.41) is 2.95. The first kappa shape index (κ1) is 18.4. The summed E-state index contributed by atoms with van der Waals surface area (Å²) in [5.41, 5.74) is 2.07. The number of aryl methyl sites for hydroxylation is 1. The van der Waals surface area contributed by atoms with Gasteiger partial charge in [0.05, 0.1) is 0 Å². The Kier molecular flexibility index (Phi) is 4.82. The molecule has 1 N–H and O–H groups in total. The minimum absolute atomic E-state index is 0.185. The molecule has 2 aromatic heterocycles. The topological polar surface area (TPSA) is 89.8 Å². The Morgan fingerprint density at radius 3 is 2.69 bits per heavy atom. The Morgan fingerprint density at radius 1 is 1.14 bits per heavy atom. The maximum atomic E-state index is 13.1. The summed E-state index contributed by atoms with van der Waals surface area (Å²) in [5.74, 6) is -0.374. The molecule has 8 heteroatoms. The molecule has 0 saturated heterocycles.